The summed E-state index contributed by atoms with van der Waals surface area (Å²) in [6.07, 6.45) is 1.34. The van der Waals surface area contributed by atoms with Crippen molar-refractivity contribution in [3.63, 3.8) is 0 Å². The molecule has 0 spiro atoms. The summed E-state index contributed by atoms with van der Waals surface area (Å²) in [6, 6.07) is 12.2. The van der Waals surface area contributed by atoms with Gasteiger partial charge in [-0.3, -0.25) is 24.1 Å². The molecule has 4 amide bonds. The molecule has 0 radical (unpaired) electrons. The van der Waals surface area contributed by atoms with Crippen molar-refractivity contribution in [3.8, 4) is 0 Å². The van der Waals surface area contributed by atoms with E-state index in [4.69, 9.17) is 0 Å². The summed E-state index contributed by atoms with van der Waals surface area (Å²) >= 11 is 0.725. The van der Waals surface area contributed by atoms with E-state index in [1.54, 1.807) is 18.2 Å². The molecule has 34 heavy (non-hydrogen) atoms. The lowest BCUT2D eigenvalue weighted by molar-refractivity contribution is -0.125. The van der Waals surface area contributed by atoms with Crippen molar-refractivity contribution in [1.82, 2.24) is 15.5 Å². The molecule has 0 bridgehead atoms. The maximum absolute atomic E-state index is 13.9. The van der Waals surface area contributed by atoms with E-state index in [1.807, 2.05) is 32.9 Å². The van der Waals surface area contributed by atoms with Crippen LogP contribution in [0.2, 0.25) is 0 Å². The van der Waals surface area contributed by atoms with Gasteiger partial charge in [0.1, 0.15) is 11.9 Å². The van der Waals surface area contributed by atoms with Gasteiger partial charge in [-0.15, -0.1) is 0 Å². The molecule has 1 aliphatic rings. The second-order valence-electron chi connectivity index (χ2n) is 8.21. The van der Waals surface area contributed by atoms with E-state index in [2.05, 4.69) is 10.6 Å². The molecule has 1 atom stereocenters. The first-order valence-electron chi connectivity index (χ1n) is 10.8. The van der Waals surface area contributed by atoms with Crippen molar-refractivity contribution in [2.75, 3.05) is 13.1 Å². The number of imide groups is 1. The largest absolute Gasteiger partial charge is 0.353 e. The van der Waals surface area contributed by atoms with Gasteiger partial charge < -0.3 is 10.6 Å². The van der Waals surface area contributed by atoms with Gasteiger partial charge in [0.2, 0.25) is 5.91 Å². The lowest BCUT2D eigenvalue weighted by Crippen LogP contribution is -2.51. The molecular weight excluding hydrogens is 457 g/mol. The Morgan fingerprint density at radius 2 is 1.76 bits per heavy atom. The Morgan fingerprint density at radius 1 is 1.09 bits per heavy atom. The molecule has 2 aromatic rings. The Hall–Kier alpha value is -3.46. The number of hydrogen-bond donors (Lipinski definition) is 2. The maximum Gasteiger partial charge on any atom is 0.293 e. The predicted octanol–water partition coefficient (Wildman–Crippen LogP) is 3.74. The minimum Gasteiger partial charge on any atom is -0.353 e. The van der Waals surface area contributed by atoms with Gasteiger partial charge in [-0.1, -0.05) is 49.7 Å². The fourth-order valence-electron chi connectivity index (χ4n) is 3.29. The SMILES string of the molecule is Cc1ccc(C(=O)N[C@H](C(=O)NCCN2C(=O)SC(=Cc3ccccc3F)C2=O)C(C)C)cc1. The third-order valence-corrected chi connectivity index (χ3v) is 6.16. The average molecular weight is 484 g/mol. The van der Waals surface area contributed by atoms with E-state index >= 15 is 0 Å². The van der Waals surface area contributed by atoms with Gasteiger partial charge in [0.25, 0.3) is 17.1 Å². The molecule has 178 valence electrons. The molecule has 2 N–H and O–H groups in total. The molecule has 0 aliphatic carbocycles. The summed E-state index contributed by atoms with van der Waals surface area (Å²) in [5.41, 5.74) is 1.68. The molecule has 0 saturated carbocycles. The highest BCUT2D eigenvalue weighted by Crippen LogP contribution is 2.32. The highest BCUT2D eigenvalue weighted by Gasteiger charge is 2.35. The van der Waals surface area contributed by atoms with Crippen molar-refractivity contribution in [3.05, 3.63) is 75.9 Å². The van der Waals surface area contributed by atoms with Crippen LogP contribution < -0.4 is 10.6 Å². The van der Waals surface area contributed by atoms with E-state index < -0.39 is 28.9 Å². The number of nitrogens with one attached hydrogen (secondary N) is 2. The molecule has 9 heteroatoms. The van der Waals surface area contributed by atoms with Crippen molar-refractivity contribution >= 4 is 40.8 Å². The standard InChI is InChI=1S/C25H26FN3O4S/c1-15(2)21(28-22(30)17-10-8-16(3)9-11-17)23(31)27-12-13-29-24(32)20(34-25(29)33)14-18-6-4-5-7-19(18)26/h4-11,14-15,21H,12-13H2,1-3H3,(H,27,31)(H,28,30)/t21-/m0/s1. The van der Waals surface area contributed by atoms with Crippen LogP contribution in [-0.2, 0) is 9.59 Å². The van der Waals surface area contributed by atoms with Gasteiger partial charge in [0, 0.05) is 24.2 Å². The quantitative estimate of drug-likeness (QED) is 0.558. The number of aryl methyl sites for hydroxylation is 1. The minimum absolute atomic E-state index is 0.0213. The number of carbonyl (C=O) groups excluding carboxylic acids is 4. The van der Waals surface area contributed by atoms with Gasteiger partial charge in [0.05, 0.1) is 4.91 Å². The topological polar surface area (TPSA) is 95.6 Å². The van der Waals surface area contributed by atoms with Gasteiger partial charge in [-0.05, 0) is 48.9 Å². The highest BCUT2D eigenvalue weighted by molar-refractivity contribution is 8.18. The van der Waals surface area contributed by atoms with Gasteiger partial charge >= 0.3 is 0 Å². The first kappa shape index (κ1) is 25.2. The summed E-state index contributed by atoms with van der Waals surface area (Å²) in [4.78, 5) is 51.2. The van der Waals surface area contributed by atoms with Gasteiger partial charge in [0.15, 0.2) is 0 Å². The summed E-state index contributed by atoms with van der Waals surface area (Å²) in [5, 5.41) is 4.93. The highest BCUT2D eigenvalue weighted by atomic mass is 32.2. The maximum atomic E-state index is 13.9. The molecular formula is C25H26FN3O4S. The number of hydrogen-bond acceptors (Lipinski definition) is 5. The molecule has 1 fully saturated rings. The van der Waals surface area contributed by atoms with Crippen molar-refractivity contribution in [2.45, 2.75) is 26.8 Å². The fraction of sp³-hybridized carbons (Fsp3) is 0.280. The van der Waals surface area contributed by atoms with E-state index in [0.717, 1.165) is 22.2 Å². The van der Waals surface area contributed by atoms with Crippen LogP contribution in [0.1, 0.15) is 35.3 Å². The van der Waals surface area contributed by atoms with Gasteiger partial charge in [-0.2, -0.15) is 0 Å². The normalized spacial score (nSPS) is 15.7. The monoisotopic (exact) mass is 483 g/mol. The van der Waals surface area contributed by atoms with Crippen LogP contribution in [0.15, 0.2) is 53.4 Å². The van der Waals surface area contributed by atoms with Crippen molar-refractivity contribution in [1.29, 1.82) is 0 Å². The van der Waals surface area contributed by atoms with Crippen LogP contribution in [0, 0.1) is 18.7 Å². The lowest BCUT2D eigenvalue weighted by atomic mass is 10.0. The molecule has 7 nitrogen and oxygen atoms in total. The molecule has 1 heterocycles. The Kier molecular flexibility index (Phi) is 8.22. The second kappa shape index (κ2) is 11.1. The molecule has 0 unspecified atom stereocenters. The van der Waals surface area contributed by atoms with Crippen LogP contribution in [0.3, 0.4) is 0 Å². The second-order valence-corrected chi connectivity index (χ2v) is 9.20. The zero-order valence-electron chi connectivity index (χ0n) is 19.1. The average Bonchev–Trinajstić information content (AvgIpc) is 3.06. The lowest BCUT2D eigenvalue weighted by Gasteiger charge is -2.22. The summed E-state index contributed by atoms with van der Waals surface area (Å²) < 4.78 is 13.9. The Bertz CT molecular complexity index is 1130. The minimum atomic E-state index is -0.787. The summed E-state index contributed by atoms with van der Waals surface area (Å²) in [5.74, 6) is -1.99. The number of rotatable bonds is 8. The van der Waals surface area contributed by atoms with Crippen LogP contribution in [-0.4, -0.2) is 47.0 Å². The number of nitrogens with zero attached hydrogens (tertiary/aromatic N) is 1. The number of thioether (sulfide) groups is 1. The molecule has 1 saturated heterocycles. The zero-order valence-corrected chi connectivity index (χ0v) is 19.9. The third kappa shape index (κ3) is 6.11. The number of carbonyl (C=O) groups is 4. The molecule has 1 aliphatic heterocycles. The molecule has 0 aromatic heterocycles. The van der Waals surface area contributed by atoms with E-state index in [-0.39, 0.29) is 35.4 Å². The summed E-state index contributed by atoms with van der Waals surface area (Å²) in [6.45, 7) is 5.52. The van der Waals surface area contributed by atoms with Crippen molar-refractivity contribution in [2.24, 2.45) is 5.92 Å². The zero-order chi connectivity index (χ0) is 24.8. The predicted molar refractivity (Wildman–Crippen MR) is 129 cm³/mol. The third-order valence-electron chi connectivity index (χ3n) is 5.25. The van der Waals surface area contributed by atoms with Gasteiger partial charge in [-0.25, -0.2) is 4.39 Å². The Labute approximate surface area is 201 Å². The first-order chi connectivity index (χ1) is 16.2. The van der Waals surface area contributed by atoms with Crippen LogP contribution in [0.25, 0.3) is 6.08 Å². The fourth-order valence-corrected chi connectivity index (χ4v) is 4.15. The number of halogens is 1. The smallest absolute Gasteiger partial charge is 0.293 e. The van der Waals surface area contributed by atoms with E-state index in [1.165, 1.54) is 24.3 Å². The van der Waals surface area contributed by atoms with Crippen LogP contribution in [0.4, 0.5) is 9.18 Å². The first-order valence-corrected chi connectivity index (χ1v) is 11.6. The number of benzene rings is 2. The van der Waals surface area contributed by atoms with E-state index in [0.29, 0.717) is 5.56 Å². The number of amides is 4. The van der Waals surface area contributed by atoms with Crippen LogP contribution in [0.5, 0.6) is 0 Å². The van der Waals surface area contributed by atoms with Crippen LogP contribution >= 0.6 is 11.8 Å². The van der Waals surface area contributed by atoms with Crippen molar-refractivity contribution < 1.29 is 23.6 Å². The Morgan fingerprint density at radius 3 is 2.41 bits per heavy atom. The van der Waals surface area contributed by atoms with E-state index in [9.17, 15) is 23.6 Å². The Balaban J connectivity index is 1.57. The summed E-state index contributed by atoms with van der Waals surface area (Å²) in [7, 11) is 0. The molecule has 3 rings (SSSR count). The molecule has 2 aromatic carbocycles.